The van der Waals surface area contributed by atoms with E-state index in [-0.39, 0.29) is 18.7 Å². The summed E-state index contributed by atoms with van der Waals surface area (Å²) in [6.45, 7) is 0.501. The van der Waals surface area contributed by atoms with Gasteiger partial charge in [0.25, 0.3) is 0 Å². The maximum Gasteiger partial charge on any atom is 0.413 e. The zero-order valence-corrected chi connectivity index (χ0v) is 21.2. The fourth-order valence-corrected chi connectivity index (χ4v) is 7.96. The van der Waals surface area contributed by atoms with Crippen LogP contribution in [0.3, 0.4) is 0 Å². The first-order valence-electron chi connectivity index (χ1n) is 11.6. The quantitative estimate of drug-likeness (QED) is 0.492. The first kappa shape index (κ1) is 24.4. The van der Waals surface area contributed by atoms with E-state index in [0.717, 1.165) is 35.6 Å². The lowest BCUT2D eigenvalue weighted by molar-refractivity contribution is -0.194. The molecule has 0 aliphatic carbocycles. The Morgan fingerprint density at radius 1 is 1.22 bits per heavy atom. The van der Waals surface area contributed by atoms with Crippen molar-refractivity contribution in [3.05, 3.63) is 52.9 Å². The highest BCUT2D eigenvalue weighted by molar-refractivity contribution is 7.89. The molecule has 2 aromatic heterocycles. The lowest BCUT2D eigenvalue weighted by atomic mass is 9.82. The minimum absolute atomic E-state index is 0.0703. The van der Waals surface area contributed by atoms with E-state index < -0.39 is 39.3 Å². The summed E-state index contributed by atoms with van der Waals surface area (Å²) in [5.74, 6) is -1.27. The average molecular weight is 555 g/mol. The summed E-state index contributed by atoms with van der Waals surface area (Å²) in [6, 6.07) is 5.35. The van der Waals surface area contributed by atoms with Crippen molar-refractivity contribution in [1.82, 2.24) is 23.8 Å². The van der Waals surface area contributed by atoms with E-state index in [2.05, 4.69) is 10.1 Å². The molecule has 14 heteroatoms. The number of carbonyl (C=O) groups is 1. The van der Waals surface area contributed by atoms with Crippen molar-refractivity contribution in [3.8, 4) is 0 Å². The van der Waals surface area contributed by atoms with Gasteiger partial charge in [0.15, 0.2) is 16.8 Å². The monoisotopic (exact) mass is 554 g/mol. The average Bonchev–Trinajstić information content (AvgIpc) is 3.42. The second-order valence-corrected chi connectivity index (χ2v) is 12.2. The molecule has 3 fully saturated rings. The molecule has 0 N–H and O–H groups in total. The van der Waals surface area contributed by atoms with Gasteiger partial charge in [-0.05, 0) is 30.5 Å². The van der Waals surface area contributed by atoms with Gasteiger partial charge >= 0.3 is 6.18 Å². The Balaban J connectivity index is 1.30. The van der Waals surface area contributed by atoms with Crippen LogP contribution in [0, 0.1) is 5.41 Å². The van der Waals surface area contributed by atoms with Crippen LogP contribution in [-0.4, -0.2) is 76.7 Å². The van der Waals surface area contributed by atoms with Gasteiger partial charge in [-0.15, -0.1) is 0 Å². The second-order valence-electron chi connectivity index (χ2n) is 9.84. The fraction of sp³-hybridized carbons (Fsp3) is 0.435. The molecule has 3 saturated heterocycles. The van der Waals surface area contributed by atoms with Crippen molar-refractivity contribution < 1.29 is 26.4 Å². The molecule has 0 spiro atoms. The third-order valence-corrected chi connectivity index (χ3v) is 9.57. The third-order valence-electron chi connectivity index (χ3n) is 7.42. The normalized spacial score (nSPS) is 25.0. The molecule has 196 valence electrons. The number of hydrogen-bond donors (Lipinski definition) is 0. The van der Waals surface area contributed by atoms with Gasteiger partial charge in [-0.1, -0.05) is 23.7 Å². The number of halogens is 4. The van der Waals surface area contributed by atoms with Crippen LogP contribution in [-0.2, 0) is 21.2 Å². The van der Waals surface area contributed by atoms with Crippen molar-refractivity contribution in [3.63, 3.8) is 0 Å². The largest absolute Gasteiger partial charge is 0.413 e. The molecule has 0 unspecified atom stereocenters. The molecule has 1 aromatic carbocycles. The molecule has 2 bridgehead atoms. The van der Waals surface area contributed by atoms with E-state index in [9.17, 15) is 26.4 Å². The number of aromatic nitrogens is 3. The summed E-state index contributed by atoms with van der Waals surface area (Å²) in [6.07, 6.45) is -1.50. The molecule has 7 rings (SSSR count). The van der Waals surface area contributed by atoms with Gasteiger partial charge < -0.3 is 9.80 Å². The number of rotatable bonds is 4. The molecule has 1 atom stereocenters. The summed E-state index contributed by atoms with van der Waals surface area (Å²) in [5, 5.41) is 4.62. The lowest BCUT2D eigenvalue weighted by Gasteiger charge is -2.41. The van der Waals surface area contributed by atoms with Gasteiger partial charge in [0, 0.05) is 38.4 Å². The Bertz CT molecular complexity index is 1520. The molecule has 0 radical (unpaired) electrons. The van der Waals surface area contributed by atoms with E-state index >= 15 is 0 Å². The molecule has 37 heavy (non-hydrogen) atoms. The van der Waals surface area contributed by atoms with Crippen LogP contribution in [0.25, 0.3) is 5.65 Å². The maximum atomic E-state index is 14.2. The smallest absolute Gasteiger partial charge is 0.339 e. The van der Waals surface area contributed by atoms with E-state index in [1.54, 1.807) is 28.9 Å². The van der Waals surface area contributed by atoms with Gasteiger partial charge in [0.05, 0.1) is 28.7 Å². The highest BCUT2D eigenvalue weighted by Gasteiger charge is 2.64. The van der Waals surface area contributed by atoms with Crippen LogP contribution in [0.5, 0.6) is 0 Å². The van der Waals surface area contributed by atoms with Crippen molar-refractivity contribution >= 4 is 44.6 Å². The SMILES string of the molecule is CN(C(=O)C12CN(C1)S(=O)(=O)C2)[C@@H](c1ccc(N2CCCc3c2cnc2cc(Cl)nn32)cc1)C(F)(F)F. The Kier molecular flexibility index (Phi) is 5.32. The van der Waals surface area contributed by atoms with E-state index in [1.807, 2.05) is 4.90 Å². The predicted molar refractivity (Wildman–Crippen MR) is 129 cm³/mol. The Morgan fingerprint density at radius 3 is 2.54 bits per heavy atom. The van der Waals surface area contributed by atoms with E-state index in [4.69, 9.17) is 11.6 Å². The summed E-state index contributed by atoms with van der Waals surface area (Å²) in [5.41, 5.74) is 1.57. The number of fused-ring (bicyclic) bond motifs is 4. The Hall–Kier alpha value is -2.90. The molecule has 6 heterocycles. The third kappa shape index (κ3) is 3.77. The first-order chi connectivity index (χ1) is 17.4. The number of carbonyl (C=O) groups excluding carboxylic acids is 1. The summed E-state index contributed by atoms with van der Waals surface area (Å²) in [4.78, 5) is 20.1. The van der Waals surface area contributed by atoms with Crippen LogP contribution >= 0.6 is 11.6 Å². The van der Waals surface area contributed by atoms with Crippen molar-refractivity contribution in [2.24, 2.45) is 5.41 Å². The zero-order chi connectivity index (χ0) is 26.3. The molecule has 4 aliphatic heterocycles. The van der Waals surface area contributed by atoms with E-state index in [0.29, 0.717) is 27.9 Å². The number of aryl methyl sites for hydroxylation is 1. The number of nitrogens with zero attached hydrogens (tertiary/aromatic N) is 6. The highest BCUT2D eigenvalue weighted by atomic mass is 35.5. The molecular formula is C23H22ClF3N6O3S. The standard InChI is InChI=1S/C23H22ClF3N6O3S/c1-30(21(34)22-11-31(12-22)37(35,36)13-22)20(23(25,26)27)14-4-6-15(7-5-14)32-8-2-3-16-17(32)10-28-19-9-18(24)29-33(16)19/h4-7,9-10,20H,2-3,8,11-13H2,1H3/t20-/m0/s1. The second kappa shape index (κ2) is 8.05. The van der Waals surface area contributed by atoms with Crippen LogP contribution in [0.2, 0.25) is 5.15 Å². The zero-order valence-electron chi connectivity index (χ0n) is 19.6. The fourth-order valence-electron chi connectivity index (χ4n) is 5.71. The van der Waals surface area contributed by atoms with Gasteiger partial charge in [-0.3, -0.25) is 4.79 Å². The minimum atomic E-state index is -4.75. The van der Waals surface area contributed by atoms with Gasteiger partial charge in [-0.25, -0.2) is 17.9 Å². The Labute approximate surface area is 215 Å². The molecule has 0 saturated carbocycles. The maximum absolute atomic E-state index is 14.2. The lowest BCUT2D eigenvalue weighted by Crippen LogP contribution is -2.58. The number of hydrogen-bond acceptors (Lipinski definition) is 6. The predicted octanol–water partition coefficient (Wildman–Crippen LogP) is 3.17. The van der Waals surface area contributed by atoms with Crippen LogP contribution in [0.4, 0.5) is 24.5 Å². The minimum Gasteiger partial charge on any atom is -0.339 e. The van der Waals surface area contributed by atoms with Crippen molar-refractivity contribution in [2.75, 3.05) is 37.3 Å². The van der Waals surface area contributed by atoms with Gasteiger partial charge in [-0.2, -0.15) is 22.6 Å². The van der Waals surface area contributed by atoms with Crippen LogP contribution < -0.4 is 4.90 Å². The number of amides is 1. The molecule has 9 nitrogen and oxygen atoms in total. The van der Waals surface area contributed by atoms with Gasteiger partial charge in [0.2, 0.25) is 15.9 Å². The molecular weight excluding hydrogens is 533 g/mol. The molecule has 3 aromatic rings. The van der Waals surface area contributed by atoms with Crippen molar-refractivity contribution in [1.29, 1.82) is 0 Å². The van der Waals surface area contributed by atoms with Crippen LogP contribution in [0.1, 0.15) is 23.7 Å². The summed E-state index contributed by atoms with van der Waals surface area (Å²) in [7, 11) is -2.50. The molecule has 4 aliphatic rings. The van der Waals surface area contributed by atoms with Crippen molar-refractivity contribution in [2.45, 2.75) is 25.1 Å². The topological polar surface area (TPSA) is 91.1 Å². The summed E-state index contributed by atoms with van der Waals surface area (Å²) < 4.78 is 69.6. The first-order valence-corrected chi connectivity index (χ1v) is 13.6. The van der Waals surface area contributed by atoms with Crippen LogP contribution in [0.15, 0.2) is 36.5 Å². The number of benzene rings is 1. The summed E-state index contributed by atoms with van der Waals surface area (Å²) >= 11 is 6.04. The number of anilines is 2. The number of sulfonamides is 1. The van der Waals surface area contributed by atoms with Gasteiger partial charge in [0.1, 0.15) is 0 Å². The Morgan fingerprint density at radius 2 is 1.92 bits per heavy atom. The highest BCUT2D eigenvalue weighted by Crippen LogP contribution is 2.47. The number of alkyl halides is 3. The molecule has 1 amide bonds. The van der Waals surface area contributed by atoms with E-state index in [1.165, 1.54) is 12.1 Å².